The first-order valence-electron chi connectivity index (χ1n) is 13.2. The van der Waals surface area contributed by atoms with Crippen molar-refractivity contribution >= 4 is 11.0 Å². The molecule has 0 amide bonds. The van der Waals surface area contributed by atoms with E-state index in [1.165, 1.54) is 45.2 Å². The lowest BCUT2D eigenvalue weighted by Gasteiger charge is -2.45. The number of phenolic OH excluding ortho intramolecular Hbond substituents is 1. The highest BCUT2D eigenvalue weighted by atomic mass is 16.5. The molecule has 2 aliphatic heterocycles. The van der Waals surface area contributed by atoms with Crippen molar-refractivity contribution < 1.29 is 14.3 Å². The van der Waals surface area contributed by atoms with Crippen molar-refractivity contribution in [1.29, 1.82) is 0 Å². The van der Waals surface area contributed by atoms with Crippen LogP contribution in [0.15, 0.2) is 21.3 Å². The van der Waals surface area contributed by atoms with Crippen LogP contribution in [0.5, 0.6) is 5.75 Å². The minimum Gasteiger partial charge on any atom is -0.507 e. The molecule has 34 heavy (non-hydrogen) atoms. The molecule has 0 bridgehead atoms. The van der Waals surface area contributed by atoms with Crippen molar-refractivity contribution in [2.24, 2.45) is 5.92 Å². The highest BCUT2D eigenvalue weighted by molar-refractivity contribution is 5.86. The van der Waals surface area contributed by atoms with Crippen LogP contribution in [0.3, 0.4) is 0 Å². The van der Waals surface area contributed by atoms with Crippen molar-refractivity contribution in [3.8, 4) is 5.75 Å². The molecular formula is C28H42N2O4. The molecule has 3 heterocycles. The van der Waals surface area contributed by atoms with Gasteiger partial charge in [0.2, 0.25) is 0 Å². The molecule has 0 radical (unpaired) electrons. The van der Waals surface area contributed by atoms with Crippen molar-refractivity contribution in [1.82, 2.24) is 9.80 Å². The van der Waals surface area contributed by atoms with E-state index >= 15 is 0 Å². The fourth-order valence-corrected chi connectivity index (χ4v) is 6.21. The largest absolute Gasteiger partial charge is 0.507 e. The van der Waals surface area contributed by atoms with Gasteiger partial charge < -0.3 is 19.2 Å². The molecule has 2 atom stereocenters. The topological polar surface area (TPSA) is 66.1 Å². The van der Waals surface area contributed by atoms with Crippen LogP contribution in [-0.2, 0) is 17.7 Å². The summed E-state index contributed by atoms with van der Waals surface area (Å²) in [5.41, 5.74) is 2.77. The van der Waals surface area contributed by atoms with Crippen LogP contribution >= 0.6 is 0 Å². The van der Waals surface area contributed by atoms with Gasteiger partial charge in [-0.3, -0.25) is 4.90 Å². The number of hydrogen-bond donors (Lipinski definition) is 1. The maximum Gasteiger partial charge on any atom is 0.336 e. The number of aromatic hydroxyl groups is 1. The summed E-state index contributed by atoms with van der Waals surface area (Å²) < 4.78 is 10.9. The zero-order valence-corrected chi connectivity index (χ0v) is 21.3. The number of ether oxygens (including phenoxy) is 1. The number of aryl methyl sites for hydroxylation is 2. The van der Waals surface area contributed by atoms with Crippen LogP contribution in [0, 0.1) is 12.8 Å². The number of piperidine rings is 2. The lowest BCUT2D eigenvalue weighted by Crippen LogP contribution is -2.51. The summed E-state index contributed by atoms with van der Waals surface area (Å²) in [7, 11) is 1.76. The van der Waals surface area contributed by atoms with E-state index < -0.39 is 0 Å². The molecule has 2 unspecified atom stereocenters. The summed E-state index contributed by atoms with van der Waals surface area (Å²) in [4.78, 5) is 17.4. The van der Waals surface area contributed by atoms with Crippen LogP contribution in [0.1, 0.15) is 68.6 Å². The monoisotopic (exact) mass is 470 g/mol. The lowest BCUT2D eigenvalue weighted by molar-refractivity contribution is 0.0372. The Morgan fingerprint density at radius 2 is 2.00 bits per heavy atom. The van der Waals surface area contributed by atoms with Gasteiger partial charge in [-0.05, 0) is 76.1 Å². The van der Waals surface area contributed by atoms with Gasteiger partial charge in [0.25, 0.3) is 0 Å². The number of fused-ring (bicyclic) bond motifs is 2. The summed E-state index contributed by atoms with van der Waals surface area (Å²) in [6.45, 7) is 9.90. The number of methoxy groups -OCH3 is 1. The predicted octanol–water partition coefficient (Wildman–Crippen LogP) is 4.86. The number of hydrogen-bond acceptors (Lipinski definition) is 6. The van der Waals surface area contributed by atoms with Crippen LogP contribution in [0.4, 0.5) is 0 Å². The summed E-state index contributed by atoms with van der Waals surface area (Å²) >= 11 is 0. The van der Waals surface area contributed by atoms with Gasteiger partial charge in [0, 0.05) is 62.0 Å². The average molecular weight is 471 g/mol. The highest BCUT2D eigenvalue weighted by Gasteiger charge is 2.34. The summed E-state index contributed by atoms with van der Waals surface area (Å²) in [5, 5.41) is 12.1. The number of rotatable bonds is 10. The van der Waals surface area contributed by atoms with E-state index in [9.17, 15) is 9.90 Å². The van der Waals surface area contributed by atoms with E-state index in [4.69, 9.17) is 9.15 Å². The van der Waals surface area contributed by atoms with E-state index in [0.717, 1.165) is 55.5 Å². The molecule has 6 nitrogen and oxygen atoms in total. The summed E-state index contributed by atoms with van der Waals surface area (Å²) in [5.74, 6) is 0.929. The third kappa shape index (κ3) is 5.67. The standard InChI is InChI=1S/C28H42N2O4/c1-4-9-21-17-26(31)34-28-20(2)27(32)23(16-24(21)28)19-29(12-8-15-33-3)18-22-10-7-14-30-13-6-5-11-25(22)30/h16-17,22,25,32H,4-15,18-19H2,1-3H3. The van der Waals surface area contributed by atoms with Gasteiger partial charge in [0.05, 0.1) is 0 Å². The normalized spacial score (nSPS) is 21.3. The van der Waals surface area contributed by atoms with Crippen molar-refractivity contribution in [2.45, 2.75) is 77.8 Å². The molecule has 0 aliphatic carbocycles. The first-order valence-corrected chi connectivity index (χ1v) is 13.2. The smallest absolute Gasteiger partial charge is 0.336 e. The van der Waals surface area contributed by atoms with E-state index in [-0.39, 0.29) is 11.4 Å². The predicted molar refractivity (Wildman–Crippen MR) is 137 cm³/mol. The van der Waals surface area contributed by atoms with Crippen LogP contribution in [-0.4, -0.2) is 60.8 Å². The number of nitrogens with zero attached hydrogens (tertiary/aromatic N) is 2. The van der Waals surface area contributed by atoms with E-state index in [1.54, 1.807) is 13.2 Å². The molecule has 2 fully saturated rings. The Labute approximate surface area is 203 Å². The van der Waals surface area contributed by atoms with Crippen molar-refractivity contribution in [2.75, 3.05) is 39.9 Å². The third-order valence-corrected chi connectivity index (χ3v) is 7.86. The van der Waals surface area contributed by atoms with Gasteiger partial charge in [-0.2, -0.15) is 0 Å². The minimum atomic E-state index is -0.346. The Hall–Kier alpha value is -1.89. The quantitative estimate of drug-likeness (QED) is 0.395. The maximum absolute atomic E-state index is 12.1. The Bertz CT molecular complexity index is 1020. The van der Waals surface area contributed by atoms with Crippen LogP contribution in [0.2, 0.25) is 0 Å². The fraction of sp³-hybridized carbons (Fsp3) is 0.679. The molecular weight excluding hydrogens is 428 g/mol. The van der Waals surface area contributed by atoms with Gasteiger partial charge in [0.1, 0.15) is 11.3 Å². The number of phenols is 1. The lowest BCUT2D eigenvalue weighted by atomic mass is 9.83. The molecule has 188 valence electrons. The van der Waals surface area contributed by atoms with Gasteiger partial charge >= 0.3 is 5.63 Å². The molecule has 2 saturated heterocycles. The Balaban J connectivity index is 1.62. The first-order chi connectivity index (χ1) is 16.5. The van der Waals surface area contributed by atoms with Crippen LogP contribution < -0.4 is 5.63 Å². The second-order valence-electron chi connectivity index (χ2n) is 10.3. The molecule has 2 aromatic rings. The van der Waals surface area contributed by atoms with Gasteiger partial charge in [-0.1, -0.05) is 19.8 Å². The molecule has 4 rings (SSSR count). The summed E-state index contributed by atoms with van der Waals surface area (Å²) in [6.07, 6.45) is 9.32. The maximum atomic E-state index is 12.1. The molecule has 6 heteroatoms. The Morgan fingerprint density at radius 1 is 1.18 bits per heavy atom. The molecule has 1 aromatic carbocycles. The van der Waals surface area contributed by atoms with Crippen molar-refractivity contribution in [3.63, 3.8) is 0 Å². The zero-order chi connectivity index (χ0) is 24.1. The Morgan fingerprint density at radius 3 is 2.79 bits per heavy atom. The SMILES string of the molecule is CCCc1cc(=O)oc2c(C)c(O)c(CN(CCCOC)CC3CCCN4CCCCC34)cc12. The zero-order valence-electron chi connectivity index (χ0n) is 21.3. The highest BCUT2D eigenvalue weighted by Crippen LogP contribution is 2.35. The molecule has 1 N–H and O–H groups in total. The second kappa shape index (κ2) is 11.7. The second-order valence-corrected chi connectivity index (χ2v) is 10.3. The van der Waals surface area contributed by atoms with E-state index in [2.05, 4.69) is 22.8 Å². The molecule has 2 aliphatic rings. The molecule has 0 saturated carbocycles. The number of benzene rings is 1. The third-order valence-electron chi connectivity index (χ3n) is 7.86. The Kier molecular flexibility index (Phi) is 8.67. The molecule has 1 aromatic heterocycles. The van der Waals surface area contributed by atoms with E-state index in [0.29, 0.717) is 29.7 Å². The molecule has 0 spiro atoms. The summed E-state index contributed by atoms with van der Waals surface area (Å²) in [6, 6.07) is 4.37. The fourth-order valence-electron chi connectivity index (χ4n) is 6.21. The average Bonchev–Trinajstić information content (AvgIpc) is 2.83. The van der Waals surface area contributed by atoms with Crippen LogP contribution in [0.25, 0.3) is 11.0 Å². The van der Waals surface area contributed by atoms with Gasteiger partial charge in [-0.15, -0.1) is 0 Å². The van der Waals surface area contributed by atoms with Gasteiger partial charge in [0.15, 0.2) is 0 Å². The van der Waals surface area contributed by atoms with Crippen molar-refractivity contribution in [3.05, 3.63) is 39.2 Å². The van der Waals surface area contributed by atoms with E-state index in [1.807, 2.05) is 6.92 Å². The first kappa shape index (κ1) is 25.2. The van der Waals surface area contributed by atoms with Gasteiger partial charge in [-0.25, -0.2) is 4.79 Å². The minimum absolute atomic E-state index is 0.254.